The van der Waals surface area contributed by atoms with Crippen LogP contribution in [0.25, 0.3) is 0 Å². The lowest BCUT2D eigenvalue weighted by Gasteiger charge is -2.22. The lowest BCUT2D eigenvalue weighted by Crippen LogP contribution is -2.38. The average molecular weight is 375 g/mol. The molecule has 4 nitrogen and oxygen atoms in total. The minimum Gasteiger partial charge on any atom is -0.381 e. The average Bonchev–Trinajstić information content (AvgIpc) is 2.35. The predicted molar refractivity (Wildman–Crippen MR) is 78.1 cm³/mol. The maximum Gasteiger partial charge on any atom is 0.214 e. The number of unbranched alkanes of at least 4 members (excludes halogenated alkanes) is 3. The van der Waals surface area contributed by atoms with Crippen molar-refractivity contribution in [2.24, 2.45) is 0 Å². The number of ether oxygens (including phenoxy) is 1. The molecule has 102 valence electrons. The zero-order chi connectivity index (χ0) is 12.6. The van der Waals surface area contributed by atoms with E-state index in [2.05, 4.69) is 27.3 Å². The number of rotatable bonds is 8. The summed E-state index contributed by atoms with van der Waals surface area (Å²) in [7, 11) is -3.11. The van der Waals surface area contributed by atoms with E-state index in [4.69, 9.17) is 4.74 Å². The molecule has 1 aliphatic rings. The number of hydrogen-bond donors (Lipinski definition) is 1. The highest BCUT2D eigenvalue weighted by Crippen LogP contribution is 2.14. The van der Waals surface area contributed by atoms with Crippen molar-refractivity contribution in [2.75, 3.05) is 24.2 Å². The molecule has 1 N–H and O–H groups in total. The van der Waals surface area contributed by atoms with Crippen LogP contribution in [-0.2, 0) is 14.8 Å². The minimum atomic E-state index is -3.11. The van der Waals surface area contributed by atoms with Gasteiger partial charge in [0.25, 0.3) is 0 Å². The van der Waals surface area contributed by atoms with Crippen molar-refractivity contribution in [1.82, 2.24) is 4.72 Å². The Hall–Kier alpha value is 0.600. The van der Waals surface area contributed by atoms with Gasteiger partial charge in [-0.05, 0) is 30.1 Å². The molecule has 0 aromatic rings. The quantitative estimate of drug-likeness (QED) is 0.402. The van der Waals surface area contributed by atoms with Crippen molar-refractivity contribution in [3.05, 3.63) is 0 Å². The molecule has 1 aliphatic heterocycles. The Morgan fingerprint density at radius 2 is 1.76 bits per heavy atom. The smallest absolute Gasteiger partial charge is 0.214 e. The normalized spacial score (nSPS) is 18.4. The summed E-state index contributed by atoms with van der Waals surface area (Å²) in [5, 5.41) is -0.245. The van der Waals surface area contributed by atoms with Crippen LogP contribution in [0.4, 0.5) is 0 Å². The Labute approximate surface area is 118 Å². The summed E-state index contributed by atoms with van der Waals surface area (Å²) < 4.78 is 32.9. The third kappa shape index (κ3) is 6.35. The lowest BCUT2D eigenvalue weighted by atomic mass is 10.2. The summed E-state index contributed by atoms with van der Waals surface area (Å²) in [6, 6.07) is 0. The van der Waals surface area contributed by atoms with Gasteiger partial charge in [-0.25, -0.2) is 13.1 Å². The Balaban J connectivity index is 2.15. The summed E-state index contributed by atoms with van der Waals surface area (Å²) in [6.07, 6.45) is 5.74. The predicted octanol–water partition coefficient (Wildman–Crippen LogP) is 2.08. The first-order valence-corrected chi connectivity index (χ1v) is 9.36. The monoisotopic (exact) mass is 375 g/mol. The molecular formula is C11H22INO3S. The second-order valence-electron chi connectivity index (χ2n) is 4.35. The van der Waals surface area contributed by atoms with Gasteiger partial charge < -0.3 is 4.74 Å². The van der Waals surface area contributed by atoms with Crippen LogP contribution in [0.3, 0.4) is 0 Å². The minimum absolute atomic E-state index is 0.245. The van der Waals surface area contributed by atoms with Gasteiger partial charge >= 0.3 is 0 Å². The van der Waals surface area contributed by atoms with E-state index in [-0.39, 0.29) is 5.25 Å². The molecule has 0 bridgehead atoms. The molecule has 1 rings (SSSR count). The molecule has 6 heteroatoms. The van der Waals surface area contributed by atoms with E-state index in [1.165, 1.54) is 17.3 Å². The van der Waals surface area contributed by atoms with Crippen molar-refractivity contribution >= 4 is 32.6 Å². The van der Waals surface area contributed by atoms with Gasteiger partial charge in [0.15, 0.2) is 0 Å². The third-order valence-electron chi connectivity index (χ3n) is 2.97. The Morgan fingerprint density at radius 3 is 2.41 bits per heavy atom. The van der Waals surface area contributed by atoms with Crippen LogP contribution in [0.2, 0.25) is 0 Å². The highest BCUT2D eigenvalue weighted by molar-refractivity contribution is 14.1. The van der Waals surface area contributed by atoms with Crippen LogP contribution in [0.5, 0.6) is 0 Å². The van der Waals surface area contributed by atoms with Crippen molar-refractivity contribution < 1.29 is 13.2 Å². The Morgan fingerprint density at radius 1 is 1.12 bits per heavy atom. The number of sulfonamides is 1. The topological polar surface area (TPSA) is 55.4 Å². The van der Waals surface area contributed by atoms with Gasteiger partial charge in [0.05, 0.1) is 5.25 Å². The van der Waals surface area contributed by atoms with Crippen molar-refractivity contribution in [2.45, 2.75) is 43.8 Å². The van der Waals surface area contributed by atoms with Crippen LogP contribution >= 0.6 is 22.6 Å². The molecule has 0 aliphatic carbocycles. The van der Waals surface area contributed by atoms with E-state index >= 15 is 0 Å². The molecule has 17 heavy (non-hydrogen) atoms. The van der Waals surface area contributed by atoms with E-state index < -0.39 is 10.0 Å². The largest absolute Gasteiger partial charge is 0.381 e. The van der Waals surface area contributed by atoms with Crippen LogP contribution in [0, 0.1) is 0 Å². The molecule has 1 saturated heterocycles. The number of nitrogens with one attached hydrogen (secondary N) is 1. The van der Waals surface area contributed by atoms with Gasteiger partial charge in [-0.1, -0.05) is 35.4 Å². The summed E-state index contributed by atoms with van der Waals surface area (Å²) in [6.45, 7) is 1.73. The maximum absolute atomic E-state index is 11.9. The van der Waals surface area contributed by atoms with Gasteiger partial charge in [-0.2, -0.15) is 0 Å². The Kier molecular flexibility index (Phi) is 7.97. The van der Waals surface area contributed by atoms with Gasteiger partial charge in [-0.3, -0.25) is 0 Å². The first-order valence-electron chi connectivity index (χ1n) is 6.29. The molecule has 0 spiro atoms. The van der Waals surface area contributed by atoms with Crippen LogP contribution < -0.4 is 4.72 Å². The summed E-state index contributed by atoms with van der Waals surface area (Å²) in [5.41, 5.74) is 0. The van der Waals surface area contributed by atoms with Crippen molar-refractivity contribution in [1.29, 1.82) is 0 Å². The van der Waals surface area contributed by atoms with E-state index in [0.717, 1.165) is 12.8 Å². The van der Waals surface area contributed by atoms with Gasteiger partial charge in [0, 0.05) is 19.8 Å². The van der Waals surface area contributed by atoms with Crippen molar-refractivity contribution in [3.8, 4) is 0 Å². The SMILES string of the molecule is O=S(=O)(NCCCCCCI)C1CCOCC1. The second-order valence-corrected chi connectivity index (χ2v) is 7.48. The molecule has 1 fully saturated rings. The van der Waals surface area contributed by atoms with Crippen LogP contribution in [0.15, 0.2) is 0 Å². The molecule has 0 unspecified atom stereocenters. The van der Waals surface area contributed by atoms with Crippen LogP contribution in [-0.4, -0.2) is 37.9 Å². The Bertz CT molecular complexity index is 289. The fourth-order valence-corrected chi connectivity index (χ4v) is 3.91. The zero-order valence-corrected chi connectivity index (χ0v) is 13.1. The fourth-order valence-electron chi connectivity index (χ4n) is 1.89. The molecule has 1 heterocycles. The molecular weight excluding hydrogens is 353 g/mol. The zero-order valence-electron chi connectivity index (χ0n) is 10.2. The summed E-state index contributed by atoms with van der Waals surface area (Å²) in [5.74, 6) is 0. The maximum atomic E-state index is 11.9. The van der Waals surface area contributed by atoms with E-state index in [0.29, 0.717) is 32.6 Å². The highest BCUT2D eigenvalue weighted by Gasteiger charge is 2.26. The number of halogens is 1. The lowest BCUT2D eigenvalue weighted by molar-refractivity contribution is 0.0981. The third-order valence-corrected chi connectivity index (χ3v) is 5.69. The molecule has 0 amide bonds. The second kappa shape index (κ2) is 8.66. The number of hydrogen-bond acceptors (Lipinski definition) is 3. The summed E-state index contributed by atoms with van der Waals surface area (Å²) in [4.78, 5) is 0. The van der Waals surface area contributed by atoms with Gasteiger partial charge in [-0.15, -0.1) is 0 Å². The van der Waals surface area contributed by atoms with E-state index in [1.54, 1.807) is 0 Å². The highest BCUT2D eigenvalue weighted by atomic mass is 127. The summed E-state index contributed by atoms with van der Waals surface area (Å²) >= 11 is 2.37. The standard InChI is InChI=1S/C11H22INO3S/c12-7-3-1-2-4-8-13-17(14,15)11-5-9-16-10-6-11/h11,13H,1-10H2. The van der Waals surface area contributed by atoms with E-state index in [9.17, 15) is 8.42 Å². The number of alkyl halides is 1. The molecule has 0 aromatic heterocycles. The van der Waals surface area contributed by atoms with Gasteiger partial charge in [0.1, 0.15) is 0 Å². The first kappa shape index (κ1) is 15.7. The molecule has 0 aromatic carbocycles. The molecule has 0 saturated carbocycles. The molecule has 0 radical (unpaired) electrons. The fraction of sp³-hybridized carbons (Fsp3) is 1.00. The van der Waals surface area contributed by atoms with Gasteiger partial charge in [0.2, 0.25) is 10.0 Å². The van der Waals surface area contributed by atoms with E-state index in [1.807, 2.05) is 0 Å². The molecule has 0 atom stereocenters. The first-order chi connectivity index (χ1) is 8.17. The van der Waals surface area contributed by atoms with Crippen molar-refractivity contribution in [3.63, 3.8) is 0 Å². The van der Waals surface area contributed by atoms with Crippen LogP contribution in [0.1, 0.15) is 38.5 Å².